The minimum absolute atomic E-state index is 0.352. The molecule has 0 aliphatic heterocycles. The lowest BCUT2D eigenvalue weighted by atomic mass is 9.91. The summed E-state index contributed by atoms with van der Waals surface area (Å²) in [6, 6.07) is 0. The van der Waals surface area contributed by atoms with Crippen molar-refractivity contribution in [3.63, 3.8) is 0 Å². The maximum absolute atomic E-state index is 3.72. The number of rotatable bonds is 0. The zero-order valence-electron chi connectivity index (χ0n) is 6.11. The average molecular weight is 268 g/mol. The molecule has 2 rings (SSSR count). The second kappa shape index (κ2) is 2.22. The van der Waals surface area contributed by atoms with E-state index in [9.17, 15) is 0 Å². The Bertz CT molecular complexity index is 153. The van der Waals surface area contributed by atoms with Gasteiger partial charge in [0.05, 0.1) is 3.23 Å². The SMILES string of the molecule is C[C@@H]1CC[C@H]2[C@@H](C1)C2(Br)Br. The van der Waals surface area contributed by atoms with Crippen LogP contribution in [0.1, 0.15) is 26.2 Å². The molecule has 2 aliphatic carbocycles. The molecule has 2 fully saturated rings. The highest BCUT2D eigenvalue weighted by Gasteiger charge is 2.62. The molecule has 0 N–H and O–H groups in total. The molecule has 0 unspecified atom stereocenters. The van der Waals surface area contributed by atoms with Crippen LogP contribution in [0.3, 0.4) is 0 Å². The molecule has 0 amide bonds. The summed E-state index contributed by atoms with van der Waals surface area (Å²) in [5.41, 5.74) is 0. The van der Waals surface area contributed by atoms with Crippen molar-refractivity contribution in [3.8, 4) is 0 Å². The third kappa shape index (κ3) is 0.989. The Labute approximate surface area is 79.0 Å². The minimum Gasteiger partial charge on any atom is -0.0721 e. The highest BCUT2D eigenvalue weighted by atomic mass is 79.9. The van der Waals surface area contributed by atoms with Crippen molar-refractivity contribution >= 4 is 31.9 Å². The normalized spacial score (nSPS) is 50.1. The largest absolute Gasteiger partial charge is 0.0868 e. The Balaban J connectivity index is 2.04. The molecule has 0 radical (unpaired) electrons. The van der Waals surface area contributed by atoms with E-state index < -0.39 is 0 Å². The summed E-state index contributed by atoms with van der Waals surface area (Å²) in [7, 11) is 0. The van der Waals surface area contributed by atoms with Crippen molar-refractivity contribution in [2.45, 2.75) is 29.4 Å². The van der Waals surface area contributed by atoms with Crippen LogP contribution in [0.25, 0.3) is 0 Å². The first-order valence-corrected chi connectivity index (χ1v) is 5.58. The van der Waals surface area contributed by atoms with Crippen LogP contribution in [0.4, 0.5) is 0 Å². The lowest BCUT2D eigenvalue weighted by molar-refractivity contribution is 0.368. The van der Waals surface area contributed by atoms with Crippen LogP contribution < -0.4 is 0 Å². The quantitative estimate of drug-likeness (QED) is 0.589. The summed E-state index contributed by atoms with van der Waals surface area (Å²) in [6.45, 7) is 2.37. The first-order valence-electron chi connectivity index (χ1n) is 4.00. The van der Waals surface area contributed by atoms with Gasteiger partial charge < -0.3 is 0 Å². The third-order valence-electron chi connectivity index (χ3n) is 2.99. The van der Waals surface area contributed by atoms with Crippen LogP contribution in [0.15, 0.2) is 0 Å². The summed E-state index contributed by atoms with van der Waals surface area (Å²) in [5, 5.41) is 0. The van der Waals surface area contributed by atoms with Gasteiger partial charge in [-0.05, 0) is 30.6 Å². The molecular weight excluding hydrogens is 256 g/mol. The molecule has 2 aliphatic rings. The van der Waals surface area contributed by atoms with Crippen LogP contribution in [0.5, 0.6) is 0 Å². The molecule has 10 heavy (non-hydrogen) atoms. The third-order valence-corrected chi connectivity index (χ3v) is 5.34. The van der Waals surface area contributed by atoms with Crippen LogP contribution >= 0.6 is 31.9 Å². The van der Waals surface area contributed by atoms with Gasteiger partial charge in [0.2, 0.25) is 0 Å². The smallest absolute Gasteiger partial charge is 0.0721 e. The van der Waals surface area contributed by atoms with Crippen molar-refractivity contribution in [3.05, 3.63) is 0 Å². The van der Waals surface area contributed by atoms with Crippen LogP contribution in [0.2, 0.25) is 0 Å². The van der Waals surface area contributed by atoms with Gasteiger partial charge in [0, 0.05) is 0 Å². The lowest BCUT2D eigenvalue weighted by Gasteiger charge is -2.14. The van der Waals surface area contributed by atoms with E-state index in [4.69, 9.17) is 0 Å². The summed E-state index contributed by atoms with van der Waals surface area (Å²) in [5.74, 6) is 2.82. The van der Waals surface area contributed by atoms with E-state index in [-0.39, 0.29) is 0 Å². The van der Waals surface area contributed by atoms with E-state index in [0.29, 0.717) is 3.23 Å². The minimum atomic E-state index is 0.352. The van der Waals surface area contributed by atoms with Gasteiger partial charge in [0.1, 0.15) is 0 Å². The summed E-state index contributed by atoms with van der Waals surface area (Å²) >= 11 is 7.45. The first kappa shape index (κ1) is 7.60. The molecule has 0 nitrogen and oxygen atoms in total. The van der Waals surface area contributed by atoms with E-state index in [2.05, 4.69) is 38.8 Å². The fraction of sp³-hybridized carbons (Fsp3) is 1.00. The van der Waals surface area contributed by atoms with Crippen molar-refractivity contribution in [2.75, 3.05) is 0 Å². The maximum Gasteiger partial charge on any atom is 0.0868 e. The molecule has 0 aromatic rings. The molecular formula is C8H12Br2. The summed E-state index contributed by atoms with van der Waals surface area (Å²) < 4.78 is 0.352. The van der Waals surface area contributed by atoms with Gasteiger partial charge in [0.15, 0.2) is 0 Å². The fourth-order valence-electron chi connectivity index (χ4n) is 2.19. The van der Waals surface area contributed by atoms with Gasteiger partial charge in [-0.2, -0.15) is 0 Å². The molecule has 0 aromatic heterocycles. The first-order chi connectivity index (χ1) is 4.62. The van der Waals surface area contributed by atoms with Crippen LogP contribution in [-0.2, 0) is 0 Å². The van der Waals surface area contributed by atoms with E-state index in [1.54, 1.807) is 0 Å². The summed E-state index contributed by atoms with van der Waals surface area (Å²) in [6.07, 6.45) is 4.27. The Morgan fingerprint density at radius 2 is 1.90 bits per heavy atom. The topological polar surface area (TPSA) is 0 Å². The van der Waals surface area contributed by atoms with Crippen molar-refractivity contribution in [1.29, 1.82) is 0 Å². The zero-order chi connectivity index (χ0) is 7.35. The van der Waals surface area contributed by atoms with Crippen molar-refractivity contribution in [1.82, 2.24) is 0 Å². The lowest BCUT2D eigenvalue weighted by Crippen LogP contribution is -2.03. The van der Waals surface area contributed by atoms with Gasteiger partial charge >= 0.3 is 0 Å². The standard InChI is InChI=1S/C8H12Br2/c1-5-2-3-6-7(4-5)8(6,9)10/h5-7H,2-4H2,1H3/t5-,6+,7-/m1/s1. The van der Waals surface area contributed by atoms with Crippen LogP contribution in [0, 0.1) is 17.8 Å². The number of alkyl halides is 2. The molecule has 0 heterocycles. The number of hydrogen-bond donors (Lipinski definition) is 0. The van der Waals surface area contributed by atoms with Gasteiger partial charge in [-0.1, -0.05) is 45.2 Å². The predicted octanol–water partition coefficient (Wildman–Crippen LogP) is 3.54. The van der Waals surface area contributed by atoms with Gasteiger partial charge in [-0.15, -0.1) is 0 Å². The molecule has 2 saturated carbocycles. The number of fused-ring (bicyclic) bond motifs is 1. The highest BCUT2D eigenvalue weighted by molar-refractivity contribution is 9.25. The van der Waals surface area contributed by atoms with Gasteiger partial charge in [-0.25, -0.2) is 0 Å². The van der Waals surface area contributed by atoms with Crippen LogP contribution in [-0.4, -0.2) is 3.23 Å². The van der Waals surface area contributed by atoms with Crippen molar-refractivity contribution < 1.29 is 0 Å². The number of hydrogen-bond acceptors (Lipinski definition) is 0. The molecule has 0 spiro atoms. The number of halogens is 2. The van der Waals surface area contributed by atoms with Gasteiger partial charge in [-0.3, -0.25) is 0 Å². The predicted molar refractivity (Wildman–Crippen MR) is 50.6 cm³/mol. The van der Waals surface area contributed by atoms with E-state index in [1.165, 1.54) is 19.3 Å². The Morgan fingerprint density at radius 1 is 1.20 bits per heavy atom. The molecule has 2 heteroatoms. The molecule has 3 atom stereocenters. The van der Waals surface area contributed by atoms with E-state index in [0.717, 1.165) is 17.8 Å². The summed E-state index contributed by atoms with van der Waals surface area (Å²) in [4.78, 5) is 0. The molecule has 58 valence electrons. The Morgan fingerprint density at radius 3 is 2.40 bits per heavy atom. The second-order valence-electron chi connectivity index (χ2n) is 3.81. The monoisotopic (exact) mass is 266 g/mol. The molecule has 0 bridgehead atoms. The molecule has 0 saturated heterocycles. The Kier molecular flexibility index (Phi) is 1.69. The molecule has 0 aromatic carbocycles. The fourth-order valence-corrected chi connectivity index (χ4v) is 4.03. The maximum atomic E-state index is 3.72. The second-order valence-corrected chi connectivity index (χ2v) is 7.49. The van der Waals surface area contributed by atoms with Crippen molar-refractivity contribution in [2.24, 2.45) is 17.8 Å². The average Bonchev–Trinajstić information content (AvgIpc) is 2.36. The highest BCUT2D eigenvalue weighted by Crippen LogP contribution is 2.68. The zero-order valence-corrected chi connectivity index (χ0v) is 9.28. The Hall–Kier alpha value is 0.960. The van der Waals surface area contributed by atoms with E-state index >= 15 is 0 Å². The van der Waals surface area contributed by atoms with Gasteiger partial charge in [0.25, 0.3) is 0 Å². The van der Waals surface area contributed by atoms with E-state index in [1.807, 2.05) is 0 Å².